The van der Waals surface area contributed by atoms with E-state index in [-0.39, 0.29) is 0 Å². The van der Waals surface area contributed by atoms with E-state index in [1.165, 1.54) is 23.0 Å². The molecule has 104 valence electrons. The molecule has 0 amide bonds. The number of aromatic nitrogens is 2. The molecule has 1 N–H and O–H groups in total. The molecule has 1 aromatic rings. The van der Waals surface area contributed by atoms with Crippen molar-refractivity contribution in [3.63, 3.8) is 0 Å². The third-order valence-electron chi connectivity index (χ3n) is 3.26. The zero-order valence-corrected chi connectivity index (χ0v) is 13.8. The van der Waals surface area contributed by atoms with Gasteiger partial charge < -0.3 is 5.32 Å². The molecule has 1 heterocycles. The molecule has 18 heavy (non-hydrogen) atoms. The standard InChI is InChI=1S/C14H26BrN3/c1-6-7-12(9-16-10(2)3)8-13-14(15)11(4)17-18(13)5/h10,12,16H,6-9H2,1-5H3. The molecule has 0 bridgehead atoms. The SMILES string of the molecule is CCCC(CNC(C)C)Cc1c(Br)c(C)nn1C. The normalized spacial score (nSPS) is 13.3. The second-order valence-electron chi connectivity index (χ2n) is 5.39. The zero-order chi connectivity index (χ0) is 13.7. The smallest absolute Gasteiger partial charge is 0.0738 e. The Kier molecular flexibility index (Phi) is 6.36. The molecular formula is C14H26BrN3. The molecule has 1 rings (SSSR count). The molecule has 0 saturated heterocycles. The number of nitrogens with zero attached hydrogens (tertiary/aromatic N) is 2. The van der Waals surface area contributed by atoms with Crippen LogP contribution in [0.2, 0.25) is 0 Å². The van der Waals surface area contributed by atoms with E-state index in [9.17, 15) is 0 Å². The van der Waals surface area contributed by atoms with Gasteiger partial charge in [-0.25, -0.2) is 0 Å². The molecule has 0 aliphatic rings. The van der Waals surface area contributed by atoms with Gasteiger partial charge in [0, 0.05) is 13.1 Å². The number of hydrogen-bond donors (Lipinski definition) is 1. The van der Waals surface area contributed by atoms with Crippen LogP contribution >= 0.6 is 15.9 Å². The van der Waals surface area contributed by atoms with Crippen molar-refractivity contribution >= 4 is 15.9 Å². The molecule has 0 fully saturated rings. The Bertz CT molecular complexity index is 371. The summed E-state index contributed by atoms with van der Waals surface area (Å²) >= 11 is 3.66. The predicted molar refractivity (Wildman–Crippen MR) is 80.9 cm³/mol. The van der Waals surface area contributed by atoms with Crippen molar-refractivity contribution in [3.8, 4) is 0 Å². The van der Waals surface area contributed by atoms with Gasteiger partial charge in [0.1, 0.15) is 0 Å². The lowest BCUT2D eigenvalue weighted by Gasteiger charge is -2.19. The molecule has 4 heteroatoms. The van der Waals surface area contributed by atoms with Crippen molar-refractivity contribution in [1.29, 1.82) is 0 Å². The zero-order valence-electron chi connectivity index (χ0n) is 12.3. The highest BCUT2D eigenvalue weighted by Crippen LogP contribution is 2.24. The van der Waals surface area contributed by atoms with Crippen molar-refractivity contribution in [3.05, 3.63) is 15.9 Å². The van der Waals surface area contributed by atoms with E-state index in [0.29, 0.717) is 12.0 Å². The Labute approximate surface area is 119 Å². The average Bonchev–Trinajstić information content (AvgIpc) is 2.53. The first kappa shape index (κ1) is 15.7. The quantitative estimate of drug-likeness (QED) is 0.835. The third kappa shape index (κ3) is 4.39. The van der Waals surface area contributed by atoms with Crippen LogP contribution in [0.3, 0.4) is 0 Å². The molecular weight excluding hydrogens is 290 g/mol. The number of halogens is 1. The molecule has 0 saturated carbocycles. The summed E-state index contributed by atoms with van der Waals surface area (Å²) in [7, 11) is 2.03. The molecule has 0 aliphatic heterocycles. The van der Waals surface area contributed by atoms with Crippen LogP contribution in [0, 0.1) is 12.8 Å². The van der Waals surface area contributed by atoms with Gasteiger partial charge in [-0.05, 0) is 48.2 Å². The van der Waals surface area contributed by atoms with Crippen LogP contribution < -0.4 is 5.32 Å². The molecule has 0 aromatic carbocycles. The fourth-order valence-corrected chi connectivity index (χ4v) is 2.76. The Balaban J connectivity index is 2.70. The largest absolute Gasteiger partial charge is 0.314 e. The first-order valence-electron chi connectivity index (χ1n) is 6.87. The van der Waals surface area contributed by atoms with Crippen molar-refractivity contribution in [1.82, 2.24) is 15.1 Å². The van der Waals surface area contributed by atoms with Gasteiger partial charge in [-0.1, -0.05) is 27.2 Å². The summed E-state index contributed by atoms with van der Waals surface area (Å²) in [6, 6.07) is 0.557. The third-order valence-corrected chi connectivity index (χ3v) is 4.29. The first-order valence-corrected chi connectivity index (χ1v) is 7.66. The van der Waals surface area contributed by atoms with Crippen LogP contribution in [0.15, 0.2) is 4.47 Å². The number of hydrogen-bond acceptors (Lipinski definition) is 2. The fraction of sp³-hybridized carbons (Fsp3) is 0.786. The van der Waals surface area contributed by atoms with E-state index >= 15 is 0 Å². The summed E-state index contributed by atoms with van der Waals surface area (Å²) < 4.78 is 3.19. The maximum atomic E-state index is 4.47. The topological polar surface area (TPSA) is 29.9 Å². The van der Waals surface area contributed by atoms with Crippen LogP contribution in [-0.4, -0.2) is 22.4 Å². The number of nitrogens with one attached hydrogen (secondary N) is 1. The second-order valence-corrected chi connectivity index (χ2v) is 6.18. The van der Waals surface area contributed by atoms with E-state index in [4.69, 9.17) is 0 Å². The van der Waals surface area contributed by atoms with E-state index in [2.05, 4.69) is 54.0 Å². The number of rotatable bonds is 7. The Hall–Kier alpha value is -0.350. The van der Waals surface area contributed by atoms with Crippen molar-refractivity contribution in [2.75, 3.05) is 6.54 Å². The van der Waals surface area contributed by atoms with Crippen LogP contribution in [0.1, 0.15) is 45.0 Å². The van der Waals surface area contributed by atoms with E-state index in [0.717, 1.165) is 18.7 Å². The van der Waals surface area contributed by atoms with Gasteiger partial charge in [0.25, 0.3) is 0 Å². The Morgan fingerprint density at radius 2 is 2.06 bits per heavy atom. The van der Waals surface area contributed by atoms with Crippen molar-refractivity contribution in [2.45, 2.75) is 53.0 Å². The van der Waals surface area contributed by atoms with Crippen LogP contribution in [0.4, 0.5) is 0 Å². The van der Waals surface area contributed by atoms with E-state index in [1.54, 1.807) is 0 Å². The maximum Gasteiger partial charge on any atom is 0.0738 e. The average molecular weight is 316 g/mol. The van der Waals surface area contributed by atoms with Gasteiger partial charge >= 0.3 is 0 Å². The van der Waals surface area contributed by atoms with Crippen LogP contribution in [-0.2, 0) is 13.5 Å². The van der Waals surface area contributed by atoms with E-state index in [1.807, 2.05) is 11.7 Å². The monoisotopic (exact) mass is 315 g/mol. The van der Waals surface area contributed by atoms with Crippen molar-refractivity contribution < 1.29 is 0 Å². The van der Waals surface area contributed by atoms with Gasteiger partial charge in [-0.2, -0.15) is 5.10 Å². The van der Waals surface area contributed by atoms with Gasteiger partial charge in [-0.3, -0.25) is 4.68 Å². The Morgan fingerprint density at radius 1 is 1.39 bits per heavy atom. The predicted octanol–water partition coefficient (Wildman–Crippen LogP) is 3.45. The summed E-state index contributed by atoms with van der Waals surface area (Å²) in [5.41, 5.74) is 2.40. The lowest BCUT2D eigenvalue weighted by molar-refractivity contribution is 0.409. The maximum absolute atomic E-state index is 4.47. The molecule has 0 radical (unpaired) electrons. The molecule has 1 unspecified atom stereocenters. The van der Waals surface area contributed by atoms with Crippen LogP contribution in [0.5, 0.6) is 0 Å². The van der Waals surface area contributed by atoms with E-state index < -0.39 is 0 Å². The number of aryl methyl sites for hydroxylation is 2. The summed E-state index contributed by atoms with van der Waals surface area (Å²) in [5.74, 6) is 0.684. The minimum Gasteiger partial charge on any atom is -0.314 e. The van der Waals surface area contributed by atoms with Crippen LogP contribution in [0.25, 0.3) is 0 Å². The molecule has 3 nitrogen and oxygen atoms in total. The minimum atomic E-state index is 0.557. The Morgan fingerprint density at radius 3 is 2.50 bits per heavy atom. The minimum absolute atomic E-state index is 0.557. The summed E-state index contributed by atoms with van der Waals surface area (Å²) in [6.45, 7) is 9.79. The molecule has 1 atom stereocenters. The summed E-state index contributed by atoms with van der Waals surface area (Å²) in [6.07, 6.45) is 3.58. The summed E-state index contributed by atoms with van der Waals surface area (Å²) in [4.78, 5) is 0. The summed E-state index contributed by atoms with van der Waals surface area (Å²) in [5, 5.41) is 8.02. The second kappa shape index (κ2) is 7.29. The molecule has 1 aromatic heterocycles. The molecule has 0 spiro atoms. The highest BCUT2D eigenvalue weighted by Gasteiger charge is 2.16. The highest BCUT2D eigenvalue weighted by molar-refractivity contribution is 9.10. The lowest BCUT2D eigenvalue weighted by atomic mass is 9.97. The molecule has 0 aliphatic carbocycles. The van der Waals surface area contributed by atoms with Gasteiger partial charge in [0.05, 0.1) is 15.9 Å². The van der Waals surface area contributed by atoms with Crippen molar-refractivity contribution in [2.24, 2.45) is 13.0 Å². The fourth-order valence-electron chi connectivity index (χ4n) is 2.26. The first-order chi connectivity index (χ1) is 8.45. The lowest BCUT2D eigenvalue weighted by Crippen LogP contribution is -2.30. The highest BCUT2D eigenvalue weighted by atomic mass is 79.9. The van der Waals surface area contributed by atoms with Gasteiger partial charge in [-0.15, -0.1) is 0 Å². The van der Waals surface area contributed by atoms with Gasteiger partial charge in [0.2, 0.25) is 0 Å². The van der Waals surface area contributed by atoms with Gasteiger partial charge in [0.15, 0.2) is 0 Å².